The van der Waals surface area contributed by atoms with Crippen molar-refractivity contribution in [3.63, 3.8) is 0 Å². The minimum atomic E-state index is 0.0647. The molecular weight excluding hydrogens is 174 g/mol. The van der Waals surface area contributed by atoms with Gasteiger partial charge >= 0.3 is 0 Å². The Balaban J connectivity index is 2.74. The smallest absolute Gasteiger partial charge is 0.148 e. The first-order valence-electron chi connectivity index (χ1n) is 5.37. The Labute approximate surface area is 87.0 Å². The second-order valence-electron chi connectivity index (χ2n) is 5.22. The van der Waals surface area contributed by atoms with Crippen LogP contribution in [-0.2, 0) is 4.79 Å². The van der Waals surface area contributed by atoms with E-state index in [0.29, 0.717) is 5.92 Å². The van der Waals surface area contributed by atoms with Gasteiger partial charge in [-0.2, -0.15) is 0 Å². The molecular formula is C12H21NO. The number of hydrogen-bond donors (Lipinski definition) is 0. The lowest BCUT2D eigenvalue weighted by Gasteiger charge is -2.36. The van der Waals surface area contributed by atoms with Crippen molar-refractivity contribution in [2.45, 2.75) is 34.1 Å². The van der Waals surface area contributed by atoms with E-state index in [2.05, 4.69) is 32.6 Å². The fraction of sp³-hybridized carbons (Fsp3) is 0.750. The van der Waals surface area contributed by atoms with Crippen molar-refractivity contribution >= 4 is 6.29 Å². The SMILES string of the molecule is CC(C)CN1C=C(C=O)C(C)(C)CC1. The zero-order valence-corrected chi connectivity index (χ0v) is 9.71. The van der Waals surface area contributed by atoms with E-state index in [1.54, 1.807) is 0 Å². The van der Waals surface area contributed by atoms with Crippen LogP contribution in [0, 0.1) is 11.3 Å². The predicted octanol–water partition coefficient (Wildman–Crippen LogP) is 2.46. The molecule has 1 aliphatic rings. The van der Waals surface area contributed by atoms with Crippen LogP contribution in [0.15, 0.2) is 11.8 Å². The zero-order chi connectivity index (χ0) is 10.8. The molecule has 0 radical (unpaired) electrons. The van der Waals surface area contributed by atoms with Crippen LogP contribution in [0.25, 0.3) is 0 Å². The highest BCUT2D eigenvalue weighted by Crippen LogP contribution is 2.33. The summed E-state index contributed by atoms with van der Waals surface area (Å²) in [6.45, 7) is 10.8. The minimum absolute atomic E-state index is 0.0647. The van der Waals surface area contributed by atoms with Crippen LogP contribution in [0.1, 0.15) is 34.1 Å². The molecule has 1 rings (SSSR count). The number of hydrogen-bond acceptors (Lipinski definition) is 2. The Hall–Kier alpha value is -0.790. The molecule has 80 valence electrons. The predicted molar refractivity (Wildman–Crippen MR) is 59.0 cm³/mol. The zero-order valence-electron chi connectivity index (χ0n) is 9.71. The molecule has 0 aromatic carbocycles. The third-order valence-electron chi connectivity index (χ3n) is 2.85. The van der Waals surface area contributed by atoms with Crippen LogP contribution in [0.3, 0.4) is 0 Å². The highest BCUT2D eigenvalue weighted by Gasteiger charge is 2.28. The molecule has 14 heavy (non-hydrogen) atoms. The van der Waals surface area contributed by atoms with E-state index in [9.17, 15) is 4.79 Å². The number of carbonyl (C=O) groups excluding carboxylic acids is 1. The highest BCUT2D eigenvalue weighted by atomic mass is 16.1. The second-order valence-corrected chi connectivity index (χ2v) is 5.22. The van der Waals surface area contributed by atoms with E-state index in [4.69, 9.17) is 0 Å². The molecule has 2 nitrogen and oxygen atoms in total. The van der Waals surface area contributed by atoms with Gasteiger partial charge in [0.05, 0.1) is 0 Å². The summed E-state index contributed by atoms with van der Waals surface area (Å²) >= 11 is 0. The van der Waals surface area contributed by atoms with Crippen molar-refractivity contribution in [2.75, 3.05) is 13.1 Å². The molecule has 1 aliphatic heterocycles. The molecule has 2 heteroatoms. The Bertz CT molecular complexity index is 241. The molecule has 0 N–H and O–H groups in total. The maximum atomic E-state index is 10.9. The van der Waals surface area contributed by atoms with Crippen molar-refractivity contribution in [2.24, 2.45) is 11.3 Å². The van der Waals surface area contributed by atoms with Gasteiger partial charge in [0.15, 0.2) is 0 Å². The molecule has 0 atom stereocenters. The van der Waals surface area contributed by atoms with Crippen molar-refractivity contribution in [3.05, 3.63) is 11.8 Å². The van der Waals surface area contributed by atoms with Crippen LogP contribution in [-0.4, -0.2) is 24.3 Å². The van der Waals surface area contributed by atoms with Gasteiger partial charge in [-0.3, -0.25) is 4.79 Å². The van der Waals surface area contributed by atoms with E-state index in [-0.39, 0.29) is 5.41 Å². The van der Waals surface area contributed by atoms with E-state index < -0.39 is 0 Å². The maximum Gasteiger partial charge on any atom is 0.148 e. The largest absolute Gasteiger partial charge is 0.377 e. The first-order valence-corrected chi connectivity index (χ1v) is 5.37. The number of nitrogens with zero attached hydrogens (tertiary/aromatic N) is 1. The molecule has 0 aromatic heterocycles. The quantitative estimate of drug-likeness (QED) is 0.645. The van der Waals surface area contributed by atoms with Gasteiger partial charge in [-0.1, -0.05) is 27.7 Å². The van der Waals surface area contributed by atoms with Gasteiger partial charge in [0.2, 0.25) is 0 Å². The van der Waals surface area contributed by atoms with Gasteiger partial charge in [-0.15, -0.1) is 0 Å². The Morgan fingerprint density at radius 2 is 2.21 bits per heavy atom. The minimum Gasteiger partial charge on any atom is -0.377 e. The molecule has 0 unspecified atom stereocenters. The van der Waals surface area contributed by atoms with Gasteiger partial charge in [-0.05, 0) is 17.8 Å². The summed E-state index contributed by atoms with van der Waals surface area (Å²) in [5, 5.41) is 0. The average Bonchev–Trinajstić information content (AvgIpc) is 2.07. The first-order chi connectivity index (χ1) is 6.45. The van der Waals surface area contributed by atoms with E-state index in [1.807, 2.05) is 6.20 Å². The van der Waals surface area contributed by atoms with E-state index in [1.165, 1.54) is 0 Å². The summed E-state index contributed by atoms with van der Waals surface area (Å²) in [6.07, 6.45) is 4.12. The topological polar surface area (TPSA) is 20.3 Å². The summed E-state index contributed by atoms with van der Waals surface area (Å²) in [4.78, 5) is 13.2. The van der Waals surface area contributed by atoms with E-state index >= 15 is 0 Å². The third-order valence-corrected chi connectivity index (χ3v) is 2.85. The summed E-state index contributed by atoms with van der Waals surface area (Å²) in [5.74, 6) is 0.653. The van der Waals surface area contributed by atoms with Crippen molar-refractivity contribution in [1.29, 1.82) is 0 Å². The number of rotatable bonds is 3. The van der Waals surface area contributed by atoms with Gasteiger partial charge in [0.25, 0.3) is 0 Å². The lowest BCUT2D eigenvalue weighted by atomic mass is 9.80. The Morgan fingerprint density at radius 1 is 1.57 bits per heavy atom. The molecule has 1 heterocycles. The summed E-state index contributed by atoms with van der Waals surface area (Å²) < 4.78 is 0. The van der Waals surface area contributed by atoms with Crippen molar-refractivity contribution < 1.29 is 4.79 Å². The normalized spacial score (nSPS) is 20.9. The second kappa shape index (κ2) is 4.16. The summed E-state index contributed by atoms with van der Waals surface area (Å²) in [6, 6.07) is 0. The fourth-order valence-electron chi connectivity index (χ4n) is 1.81. The van der Waals surface area contributed by atoms with Crippen molar-refractivity contribution in [1.82, 2.24) is 4.90 Å². The van der Waals surface area contributed by atoms with Crippen LogP contribution in [0.4, 0.5) is 0 Å². The highest BCUT2D eigenvalue weighted by molar-refractivity contribution is 5.75. The van der Waals surface area contributed by atoms with Crippen LogP contribution in [0.5, 0.6) is 0 Å². The molecule has 0 aliphatic carbocycles. The van der Waals surface area contributed by atoms with Crippen LogP contribution >= 0.6 is 0 Å². The van der Waals surface area contributed by atoms with Crippen molar-refractivity contribution in [3.8, 4) is 0 Å². The van der Waals surface area contributed by atoms with Gasteiger partial charge in [0, 0.05) is 24.9 Å². The molecule has 0 bridgehead atoms. The number of aldehydes is 1. The monoisotopic (exact) mass is 195 g/mol. The molecule has 0 amide bonds. The standard InChI is InChI=1S/C12H21NO/c1-10(2)7-13-6-5-12(3,4)11(8-13)9-14/h8-10H,5-7H2,1-4H3. The van der Waals surface area contributed by atoms with Crippen LogP contribution in [0.2, 0.25) is 0 Å². The molecule has 0 spiro atoms. The molecule has 0 aromatic rings. The molecule has 0 saturated heterocycles. The lowest BCUT2D eigenvalue weighted by Crippen LogP contribution is -2.34. The van der Waals surface area contributed by atoms with Crippen LogP contribution < -0.4 is 0 Å². The third kappa shape index (κ3) is 2.60. The summed E-state index contributed by atoms with van der Waals surface area (Å²) in [5.41, 5.74) is 0.999. The molecule has 0 fully saturated rings. The Morgan fingerprint density at radius 3 is 2.71 bits per heavy atom. The van der Waals surface area contributed by atoms with Gasteiger partial charge < -0.3 is 4.90 Å². The summed E-state index contributed by atoms with van der Waals surface area (Å²) in [7, 11) is 0. The average molecular weight is 195 g/mol. The maximum absolute atomic E-state index is 10.9. The first kappa shape index (κ1) is 11.3. The number of carbonyl (C=O) groups is 1. The van der Waals surface area contributed by atoms with Gasteiger partial charge in [-0.25, -0.2) is 0 Å². The fourth-order valence-corrected chi connectivity index (χ4v) is 1.81. The van der Waals surface area contributed by atoms with Gasteiger partial charge in [0.1, 0.15) is 6.29 Å². The Kier molecular flexibility index (Phi) is 3.35. The van der Waals surface area contributed by atoms with E-state index in [0.717, 1.165) is 31.4 Å². The number of allylic oxidation sites excluding steroid dienone is 1. The lowest BCUT2D eigenvalue weighted by molar-refractivity contribution is -0.106. The molecule has 0 saturated carbocycles.